The number of nitrogens with zero attached hydrogens (tertiary/aromatic N) is 5. The van der Waals surface area contributed by atoms with E-state index in [0.717, 1.165) is 89.8 Å². The third-order valence-electron chi connectivity index (χ3n) is 32.3. The van der Waals surface area contributed by atoms with Gasteiger partial charge in [-0.2, -0.15) is 0 Å². The van der Waals surface area contributed by atoms with Crippen LogP contribution >= 0.6 is 11.3 Å². The maximum atomic E-state index is 2.61. The first-order valence-electron chi connectivity index (χ1n) is 50.6. The average Bonchev–Trinajstić information content (AvgIpc) is 1.50. The summed E-state index contributed by atoms with van der Waals surface area (Å²) < 4.78 is 10.2. The summed E-state index contributed by atoms with van der Waals surface area (Å²) in [7, 11) is 0. The number of aromatic nitrogens is 3. The number of hydrogen-bond donors (Lipinski definition) is 0. The molecular weight excluding hydrogens is 1780 g/mol. The molecule has 0 saturated heterocycles. The average molecular weight is 1870 g/mol. The van der Waals surface area contributed by atoms with Gasteiger partial charge in [0.05, 0.1) is 66.7 Å². The lowest BCUT2D eigenvalue weighted by molar-refractivity contribution is 0.748. The van der Waals surface area contributed by atoms with Crippen molar-refractivity contribution >= 4 is 131 Å². The molecule has 4 aromatic heterocycles. The SMILES string of the molecule is c1ccc(-c2ccc(-c3ccccc3N(c3ccc(-c4ccc5c6cc(-c7cccc8c7c7cccc9c7n8-c7ccccc7C97c8ccccc8-c8ccc(N(c9ccc(-c%10ccc%11sc%12ccccc%12c%11c%10)cc9)c9ccccc9-c9ccc(-c%10ccccc%10)cc9)cc87)ccc6n(-c6ccccc6)c5c4)cc3)c3ccc4c(c3)C3(c5ccccc5-4)c4ccccc4-n4c5ccccc5c5cccc3c54)cc2)cc1. The quantitative estimate of drug-likeness (QED) is 0.108. The van der Waals surface area contributed by atoms with Crippen LogP contribution in [-0.4, -0.2) is 13.7 Å². The summed E-state index contributed by atoms with van der Waals surface area (Å²) in [5, 5.41) is 9.92. The van der Waals surface area contributed by atoms with E-state index in [-0.39, 0.29) is 0 Å². The fraction of sp³-hybridized carbons (Fsp3) is 0.0143. The summed E-state index contributed by atoms with van der Waals surface area (Å²) in [6, 6.07) is 199. The first-order valence-corrected chi connectivity index (χ1v) is 51.4. The number of fused-ring (bicyclic) bond motifs is 30. The molecule has 0 fully saturated rings. The van der Waals surface area contributed by atoms with Gasteiger partial charge < -0.3 is 23.5 Å². The zero-order valence-corrected chi connectivity index (χ0v) is 80.2. The van der Waals surface area contributed by atoms with Crippen LogP contribution in [0.1, 0.15) is 44.5 Å². The Balaban J connectivity index is 0.543. The van der Waals surface area contributed by atoms with E-state index in [4.69, 9.17) is 0 Å². The lowest BCUT2D eigenvalue weighted by Gasteiger charge is -2.40. The van der Waals surface area contributed by atoms with Crippen molar-refractivity contribution in [1.29, 1.82) is 0 Å². The Bertz CT molecular complexity index is 10100. The molecule has 146 heavy (non-hydrogen) atoms. The molecule has 2 spiro atoms. The van der Waals surface area contributed by atoms with Crippen molar-refractivity contribution in [3.8, 4) is 117 Å². The van der Waals surface area contributed by atoms with Gasteiger partial charge >= 0.3 is 0 Å². The second-order valence-corrected chi connectivity index (χ2v) is 40.6. The molecule has 0 amide bonds. The van der Waals surface area contributed by atoms with E-state index in [1.165, 1.54) is 192 Å². The van der Waals surface area contributed by atoms with Crippen molar-refractivity contribution in [2.45, 2.75) is 10.8 Å². The van der Waals surface area contributed by atoms with Crippen molar-refractivity contribution in [3.63, 3.8) is 0 Å². The minimum Gasteiger partial charge on any atom is -0.310 e. The minimum atomic E-state index is -0.746. The highest BCUT2D eigenvalue weighted by atomic mass is 32.1. The van der Waals surface area contributed by atoms with Crippen LogP contribution in [0.15, 0.2) is 528 Å². The molecular formula is C140H87N5S. The molecule has 0 saturated carbocycles. The van der Waals surface area contributed by atoms with Gasteiger partial charge in [0.15, 0.2) is 0 Å². The summed E-state index contributed by atoms with van der Waals surface area (Å²) in [6.45, 7) is 0. The fourth-order valence-corrected chi connectivity index (χ4v) is 27.2. The van der Waals surface area contributed by atoms with Crippen LogP contribution in [0.3, 0.4) is 0 Å². The second kappa shape index (κ2) is 31.9. The maximum absolute atomic E-state index is 2.61. The summed E-state index contributed by atoms with van der Waals surface area (Å²) >= 11 is 1.86. The molecule has 4 aliphatic rings. The van der Waals surface area contributed by atoms with E-state index >= 15 is 0 Å². The Morgan fingerprint density at radius 2 is 0.541 bits per heavy atom. The summed E-state index contributed by atoms with van der Waals surface area (Å²) in [5.74, 6) is 0. The molecule has 678 valence electrons. The first-order chi connectivity index (χ1) is 72.4. The molecule has 0 bridgehead atoms. The summed E-state index contributed by atoms with van der Waals surface area (Å²) in [6.07, 6.45) is 0. The van der Waals surface area contributed by atoms with Crippen molar-refractivity contribution in [1.82, 2.24) is 13.7 Å². The lowest BCUT2D eigenvalue weighted by atomic mass is 9.65. The zero-order chi connectivity index (χ0) is 95.6. The first kappa shape index (κ1) is 82.1. The molecule has 2 aliphatic heterocycles. The Hall–Kier alpha value is -18.7. The Morgan fingerprint density at radius 3 is 1.14 bits per heavy atom. The Labute approximate surface area is 848 Å². The fourth-order valence-electron chi connectivity index (χ4n) is 26.1. The van der Waals surface area contributed by atoms with Crippen LogP contribution in [0.4, 0.5) is 34.1 Å². The molecule has 23 aromatic carbocycles. The van der Waals surface area contributed by atoms with Crippen LogP contribution in [0.25, 0.3) is 203 Å². The number of thiophene rings is 1. The Kier molecular flexibility index (Phi) is 17.9. The van der Waals surface area contributed by atoms with Crippen LogP contribution < -0.4 is 9.80 Å². The predicted octanol–water partition coefficient (Wildman–Crippen LogP) is 37.3. The molecule has 2 atom stereocenters. The van der Waals surface area contributed by atoms with Gasteiger partial charge in [-0.1, -0.05) is 394 Å². The molecule has 6 heteroatoms. The monoisotopic (exact) mass is 1870 g/mol. The normalized spacial score (nSPS) is 14.4. The molecule has 6 heterocycles. The van der Waals surface area contributed by atoms with Crippen LogP contribution in [0.5, 0.6) is 0 Å². The Morgan fingerprint density at radius 1 is 0.171 bits per heavy atom. The van der Waals surface area contributed by atoms with E-state index in [1.807, 2.05) is 11.3 Å². The molecule has 0 radical (unpaired) electrons. The molecule has 0 N–H and O–H groups in total. The second-order valence-electron chi connectivity index (χ2n) is 39.5. The van der Waals surface area contributed by atoms with E-state index in [9.17, 15) is 0 Å². The standard InChI is InChI=1S/C140H87N5S/c1-4-29-88(30-5-1)90-57-61-94(62-58-90)104-35-12-20-50-126(104)141(100-72-65-92(66-73-100)96-71-82-135-117(83-96)113-40-15-25-56-134(113)146-135)103-77-80-110-108-38-11-17-45-119(108)140(125(110)87-103)121-47-19-24-54-131(121)145-132-55-28-41-106(136(132)115-43-27-49-123(140)138(115)145)98-70-81-129-116(84-98)112-78-69-97(85-133(112)143(129)99-33-8-3-9-34-99)93-67-74-101(75-68-93)142(127-51-21-13-36-105(127)95-63-59-91(60-64-95)89-31-6-2-7-32-89)102-76-79-109-107-37-10-16-44-118(107)139(124(109)86-102)120-46-18-23-53-130(120)144-128-52-22-14-39-111(128)114-42-26-48-122(139)137(114)144/h1-87H. The topological polar surface area (TPSA) is 21.3 Å². The van der Waals surface area contributed by atoms with Gasteiger partial charge in [0.25, 0.3) is 0 Å². The van der Waals surface area contributed by atoms with Crippen molar-refractivity contribution in [3.05, 3.63) is 572 Å². The van der Waals surface area contributed by atoms with E-state index in [2.05, 4.69) is 551 Å². The highest BCUT2D eigenvalue weighted by molar-refractivity contribution is 7.25. The predicted molar refractivity (Wildman–Crippen MR) is 611 cm³/mol. The maximum Gasteiger partial charge on any atom is 0.0755 e. The molecule has 2 aliphatic carbocycles. The van der Waals surface area contributed by atoms with Crippen LogP contribution in [0.2, 0.25) is 0 Å². The minimum absolute atomic E-state index is 0.655. The van der Waals surface area contributed by atoms with Gasteiger partial charge in [-0.3, -0.25) is 0 Å². The van der Waals surface area contributed by atoms with Crippen LogP contribution in [0, 0.1) is 0 Å². The number of benzene rings is 23. The third kappa shape index (κ3) is 11.8. The third-order valence-corrected chi connectivity index (χ3v) is 33.4. The van der Waals surface area contributed by atoms with Crippen molar-refractivity contribution in [2.24, 2.45) is 0 Å². The highest BCUT2D eigenvalue weighted by Gasteiger charge is 2.54. The van der Waals surface area contributed by atoms with Crippen LogP contribution in [-0.2, 0) is 10.8 Å². The molecule has 2 unspecified atom stereocenters. The number of rotatable bonds is 14. The van der Waals surface area contributed by atoms with E-state index in [0.29, 0.717) is 0 Å². The smallest absolute Gasteiger partial charge is 0.0755 e. The molecule has 27 aromatic rings. The van der Waals surface area contributed by atoms with E-state index < -0.39 is 10.8 Å². The molecule has 31 rings (SSSR count). The number of para-hydroxylation sites is 8. The van der Waals surface area contributed by atoms with Gasteiger partial charge in [0.1, 0.15) is 0 Å². The lowest BCUT2D eigenvalue weighted by Crippen LogP contribution is -2.33. The van der Waals surface area contributed by atoms with E-state index in [1.54, 1.807) is 0 Å². The van der Waals surface area contributed by atoms with Gasteiger partial charge in [0, 0.05) is 92.1 Å². The highest BCUT2D eigenvalue weighted by Crippen LogP contribution is 2.66. The van der Waals surface area contributed by atoms with Gasteiger partial charge in [0.2, 0.25) is 0 Å². The van der Waals surface area contributed by atoms with Crippen molar-refractivity contribution < 1.29 is 0 Å². The molecule has 5 nitrogen and oxygen atoms in total. The zero-order valence-electron chi connectivity index (χ0n) is 79.4. The van der Waals surface area contributed by atoms with Gasteiger partial charge in [-0.05, 0) is 267 Å². The van der Waals surface area contributed by atoms with Gasteiger partial charge in [-0.25, -0.2) is 0 Å². The summed E-state index contributed by atoms with van der Waals surface area (Å²) in [4.78, 5) is 5.03. The largest absolute Gasteiger partial charge is 0.310 e. The number of anilines is 6. The number of hydrogen-bond acceptors (Lipinski definition) is 3. The van der Waals surface area contributed by atoms with Crippen molar-refractivity contribution in [2.75, 3.05) is 9.80 Å². The van der Waals surface area contributed by atoms with Gasteiger partial charge in [-0.15, -0.1) is 11.3 Å². The summed E-state index contributed by atoms with van der Waals surface area (Å²) in [5.41, 5.74) is 47.0.